The predicted molar refractivity (Wildman–Crippen MR) is 118 cm³/mol. The number of amides is 2. The Kier molecular flexibility index (Phi) is 5.73. The number of benzene rings is 2. The van der Waals surface area contributed by atoms with Crippen LogP contribution in [0.3, 0.4) is 0 Å². The minimum atomic E-state index is -4.44. The Morgan fingerprint density at radius 1 is 0.969 bits per heavy atom. The third kappa shape index (κ3) is 4.23. The molecule has 0 bridgehead atoms. The van der Waals surface area contributed by atoms with Crippen LogP contribution in [0, 0.1) is 13.8 Å². The maximum absolute atomic E-state index is 13.1. The molecule has 0 radical (unpaired) electrons. The van der Waals surface area contributed by atoms with E-state index in [0.29, 0.717) is 16.9 Å². The standard InChI is InChI=1S/C24H19F3N2O2S/c1-15-11-18(16(2)29(15)20-10-6-9-19(13-20)24(25,26)27)12-21-22(30)28(23(31)32-21)14-17-7-4-3-5-8-17/h3-13H,14H2,1-2H3/b21-12-. The summed E-state index contributed by atoms with van der Waals surface area (Å²) in [6, 6.07) is 16.1. The van der Waals surface area contributed by atoms with E-state index in [1.165, 1.54) is 11.0 Å². The van der Waals surface area contributed by atoms with Gasteiger partial charge in [0.1, 0.15) is 0 Å². The first-order valence-electron chi connectivity index (χ1n) is 9.81. The Morgan fingerprint density at radius 2 is 1.69 bits per heavy atom. The van der Waals surface area contributed by atoms with E-state index in [1.807, 2.05) is 30.3 Å². The lowest BCUT2D eigenvalue weighted by Gasteiger charge is -2.13. The van der Waals surface area contributed by atoms with Crippen LogP contribution in [0.25, 0.3) is 11.8 Å². The first kappa shape index (κ1) is 22.0. The van der Waals surface area contributed by atoms with Gasteiger partial charge in [0, 0.05) is 17.1 Å². The number of aryl methyl sites for hydroxylation is 1. The number of hydrogen-bond donors (Lipinski definition) is 0. The van der Waals surface area contributed by atoms with Crippen LogP contribution in [0.1, 0.15) is 28.1 Å². The number of nitrogens with zero attached hydrogens (tertiary/aromatic N) is 2. The normalized spacial score (nSPS) is 15.8. The maximum atomic E-state index is 13.1. The molecule has 164 valence electrons. The number of rotatable bonds is 4. The highest BCUT2D eigenvalue weighted by Gasteiger charge is 2.35. The van der Waals surface area contributed by atoms with Gasteiger partial charge in [-0.2, -0.15) is 13.2 Å². The molecule has 3 aromatic rings. The SMILES string of the molecule is Cc1cc(/C=C2\SC(=O)N(Cc3ccccc3)C2=O)c(C)n1-c1cccc(C(F)(F)F)c1. The van der Waals surface area contributed by atoms with E-state index in [1.54, 1.807) is 36.6 Å². The largest absolute Gasteiger partial charge is 0.416 e. The Labute approximate surface area is 187 Å². The molecule has 4 rings (SSSR count). The van der Waals surface area contributed by atoms with Crippen molar-refractivity contribution in [3.05, 3.63) is 93.6 Å². The van der Waals surface area contributed by atoms with Crippen LogP contribution in [-0.2, 0) is 17.5 Å². The molecule has 1 aliphatic rings. The van der Waals surface area contributed by atoms with Crippen molar-refractivity contribution < 1.29 is 22.8 Å². The number of thioether (sulfide) groups is 1. The number of carbonyl (C=O) groups excluding carboxylic acids is 2. The summed E-state index contributed by atoms with van der Waals surface area (Å²) in [4.78, 5) is 26.7. The highest BCUT2D eigenvalue weighted by atomic mass is 32.2. The van der Waals surface area contributed by atoms with E-state index in [0.717, 1.165) is 35.2 Å². The van der Waals surface area contributed by atoms with Gasteiger partial charge in [-0.25, -0.2) is 0 Å². The summed E-state index contributed by atoms with van der Waals surface area (Å²) in [6.07, 6.45) is -2.81. The van der Waals surface area contributed by atoms with Crippen molar-refractivity contribution in [1.29, 1.82) is 0 Å². The van der Waals surface area contributed by atoms with Crippen molar-refractivity contribution in [2.75, 3.05) is 0 Å². The molecule has 2 amide bonds. The fraction of sp³-hybridized carbons (Fsp3) is 0.167. The zero-order chi connectivity index (χ0) is 23.0. The third-order valence-electron chi connectivity index (χ3n) is 5.25. The van der Waals surface area contributed by atoms with Crippen LogP contribution >= 0.6 is 11.8 Å². The van der Waals surface area contributed by atoms with Gasteiger partial charge in [0.25, 0.3) is 11.1 Å². The molecule has 1 fully saturated rings. The van der Waals surface area contributed by atoms with Crippen molar-refractivity contribution in [2.24, 2.45) is 0 Å². The lowest BCUT2D eigenvalue weighted by molar-refractivity contribution is -0.137. The maximum Gasteiger partial charge on any atom is 0.416 e. The molecule has 1 aromatic heterocycles. The molecule has 0 atom stereocenters. The molecule has 0 saturated carbocycles. The van der Waals surface area contributed by atoms with Crippen LogP contribution in [0.5, 0.6) is 0 Å². The summed E-state index contributed by atoms with van der Waals surface area (Å²) < 4.78 is 41.1. The van der Waals surface area contributed by atoms with Crippen molar-refractivity contribution >= 4 is 29.0 Å². The average molecular weight is 456 g/mol. The molecular weight excluding hydrogens is 437 g/mol. The summed E-state index contributed by atoms with van der Waals surface area (Å²) in [7, 11) is 0. The molecule has 8 heteroatoms. The second kappa shape index (κ2) is 8.35. The minimum absolute atomic E-state index is 0.187. The lowest BCUT2D eigenvalue weighted by Crippen LogP contribution is -2.27. The summed E-state index contributed by atoms with van der Waals surface area (Å²) in [5.74, 6) is -0.382. The van der Waals surface area contributed by atoms with Gasteiger partial charge in [-0.3, -0.25) is 14.5 Å². The number of aromatic nitrogens is 1. The van der Waals surface area contributed by atoms with Crippen molar-refractivity contribution in [1.82, 2.24) is 9.47 Å². The van der Waals surface area contributed by atoms with E-state index in [2.05, 4.69) is 0 Å². The van der Waals surface area contributed by atoms with Crippen LogP contribution in [0.2, 0.25) is 0 Å². The van der Waals surface area contributed by atoms with Gasteiger partial charge in [0.05, 0.1) is 17.0 Å². The molecule has 1 aliphatic heterocycles. The monoisotopic (exact) mass is 456 g/mol. The zero-order valence-electron chi connectivity index (χ0n) is 17.3. The van der Waals surface area contributed by atoms with Crippen molar-refractivity contribution in [3.8, 4) is 5.69 Å². The number of hydrogen-bond acceptors (Lipinski definition) is 3. The van der Waals surface area contributed by atoms with Gasteiger partial charge in [-0.1, -0.05) is 36.4 Å². The molecule has 1 saturated heterocycles. The molecular formula is C24H19F3N2O2S. The minimum Gasteiger partial charge on any atom is -0.318 e. The molecule has 0 unspecified atom stereocenters. The second-order valence-electron chi connectivity index (χ2n) is 7.46. The van der Waals surface area contributed by atoms with E-state index in [4.69, 9.17) is 0 Å². The molecule has 0 N–H and O–H groups in total. The first-order chi connectivity index (χ1) is 15.1. The topological polar surface area (TPSA) is 42.3 Å². The third-order valence-corrected chi connectivity index (χ3v) is 6.15. The van der Waals surface area contributed by atoms with Crippen LogP contribution in [0.4, 0.5) is 18.0 Å². The summed E-state index contributed by atoms with van der Waals surface area (Å²) >= 11 is 0.862. The van der Waals surface area contributed by atoms with Crippen LogP contribution in [-0.4, -0.2) is 20.6 Å². The molecule has 2 aromatic carbocycles. The van der Waals surface area contributed by atoms with Gasteiger partial charge < -0.3 is 4.57 Å². The molecule has 2 heterocycles. The summed E-state index contributed by atoms with van der Waals surface area (Å²) in [5, 5.41) is -0.350. The highest BCUT2D eigenvalue weighted by Crippen LogP contribution is 2.35. The number of carbonyl (C=O) groups is 2. The summed E-state index contributed by atoms with van der Waals surface area (Å²) in [5.41, 5.74) is 2.56. The van der Waals surface area contributed by atoms with Gasteiger partial charge >= 0.3 is 6.18 Å². The number of imide groups is 1. The summed E-state index contributed by atoms with van der Waals surface area (Å²) in [6.45, 7) is 3.74. The van der Waals surface area contributed by atoms with Crippen molar-refractivity contribution in [2.45, 2.75) is 26.6 Å². The Hall–Kier alpha value is -3.26. The molecule has 0 aliphatic carbocycles. The molecule has 32 heavy (non-hydrogen) atoms. The van der Waals surface area contributed by atoms with Crippen LogP contribution in [0.15, 0.2) is 65.6 Å². The fourth-order valence-electron chi connectivity index (χ4n) is 3.70. The van der Waals surface area contributed by atoms with Crippen LogP contribution < -0.4 is 0 Å². The smallest absolute Gasteiger partial charge is 0.318 e. The number of halogens is 3. The van der Waals surface area contributed by atoms with Gasteiger partial charge in [0.2, 0.25) is 0 Å². The van der Waals surface area contributed by atoms with Gasteiger partial charge in [-0.15, -0.1) is 0 Å². The number of alkyl halides is 3. The van der Waals surface area contributed by atoms with E-state index in [9.17, 15) is 22.8 Å². The highest BCUT2D eigenvalue weighted by molar-refractivity contribution is 8.18. The molecule has 4 nitrogen and oxygen atoms in total. The Balaban J connectivity index is 1.65. The second-order valence-corrected chi connectivity index (χ2v) is 8.46. The average Bonchev–Trinajstić information content (AvgIpc) is 3.17. The zero-order valence-corrected chi connectivity index (χ0v) is 18.1. The predicted octanol–water partition coefficient (Wildman–Crippen LogP) is 6.35. The quantitative estimate of drug-likeness (QED) is 0.430. The van der Waals surface area contributed by atoms with Gasteiger partial charge in [-0.05, 0) is 67.1 Å². The molecule has 0 spiro atoms. The van der Waals surface area contributed by atoms with Gasteiger partial charge in [0.15, 0.2) is 0 Å². The Bertz CT molecular complexity index is 1230. The van der Waals surface area contributed by atoms with E-state index in [-0.39, 0.29) is 22.6 Å². The fourth-order valence-corrected chi connectivity index (χ4v) is 4.53. The van der Waals surface area contributed by atoms with Crippen molar-refractivity contribution in [3.63, 3.8) is 0 Å². The lowest BCUT2D eigenvalue weighted by atomic mass is 10.2. The first-order valence-corrected chi connectivity index (χ1v) is 10.6. The Morgan fingerprint density at radius 3 is 2.38 bits per heavy atom. The van der Waals surface area contributed by atoms with E-state index >= 15 is 0 Å². The van der Waals surface area contributed by atoms with E-state index < -0.39 is 11.7 Å².